The van der Waals surface area contributed by atoms with Crippen LogP contribution in [-0.4, -0.2) is 10.7 Å². The molecule has 0 saturated carbocycles. The molecule has 136 valence electrons. The summed E-state index contributed by atoms with van der Waals surface area (Å²) in [5.74, 6) is 0.608. The summed E-state index contributed by atoms with van der Waals surface area (Å²) >= 11 is 5.83. The molecule has 0 aliphatic heterocycles. The Morgan fingerprint density at radius 3 is 2.56 bits per heavy atom. The van der Waals surface area contributed by atoms with Crippen molar-refractivity contribution in [1.82, 2.24) is 0 Å². The molecule has 0 saturated heterocycles. The van der Waals surface area contributed by atoms with Crippen LogP contribution in [0.5, 0.6) is 0 Å². The standard InChI is InChI=1S/C21H16ClNO4/c1-13-3-4-15(11-14(13)2)20(24)9-6-17-7-10-21(27-17)18-8-5-16(22)12-19(18)23(25)26/h3-12H,1-2H3/b9-6+. The average molecular weight is 382 g/mol. The van der Waals surface area contributed by atoms with Crippen molar-refractivity contribution in [1.29, 1.82) is 0 Å². The molecule has 0 aliphatic carbocycles. The second-order valence-electron chi connectivity index (χ2n) is 6.12. The van der Waals surface area contributed by atoms with Gasteiger partial charge in [-0.15, -0.1) is 0 Å². The lowest BCUT2D eigenvalue weighted by atomic mass is 10.0. The quantitative estimate of drug-likeness (QED) is 0.234. The van der Waals surface area contributed by atoms with Crippen LogP contribution in [0.3, 0.4) is 0 Å². The molecule has 0 radical (unpaired) electrons. The number of carbonyl (C=O) groups excluding carboxylic acids is 1. The van der Waals surface area contributed by atoms with E-state index in [0.29, 0.717) is 22.6 Å². The normalized spacial score (nSPS) is 11.1. The highest BCUT2D eigenvalue weighted by Gasteiger charge is 2.18. The maximum absolute atomic E-state index is 12.3. The van der Waals surface area contributed by atoms with E-state index in [0.717, 1.165) is 11.1 Å². The van der Waals surface area contributed by atoms with Crippen LogP contribution in [0.4, 0.5) is 5.69 Å². The summed E-state index contributed by atoms with van der Waals surface area (Å²) in [7, 11) is 0. The second kappa shape index (κ2) is 7.60. The maximum Gasteiger partial charge on any atom is 0.281 e. The van der Waals surface area contributed by atoms with Gasteiger partial charge in [0.2, 0.25) is 0 Å². The summed E-state index contributed by atoms with van der Waals surface area (Å²) in [5, 5.41) is 11.5. The van der Waals surface area contributed by atoms with E-state index in [1.54, 1.807) is 30.3 Å². The SMILES string of the molecule is Cc1ccc(C(=O)/C=C/c2ccc(-c3ccc(Cl)cc3[N+](=O)[O-])o2)cc1C. The third kappa shape index (κ3) is 4.15. The first kappa shape index (κ1) is 18.6. The molecule has 1 heterocycles. The van der Waals surface area contributed by atoms with E-state index in [1.165, 1.54) is 18.2 Å². The van der Waals surface area contributed by atoms with Gasteiger partial charge in [0.15, 0.2) is 5.78 Å². The molecule has 0 aliphatic rings. The van der Waals surface area contributed by atoms with Crippen LogP contribution in [0, 0.1) is 24.0 Å². The smallest absolute Gasteiger partial charge is 0.281 e. The van der Waals surface area contributed by atoms with Crippen molar-refractivity contribution in [3.63, 3.8) is 0 Å². The molecular formula is C21H16ClNO4. The third-order valence-corrected chi connectivity index (χ3v) is 4.47. The largest absolute Gasteiger partial charge is 0.456 e. The summed E-state index contributed by atoms with van der Waals surface area (Å²) in [6.07, 6.45) is 2.96. The minimum atomic E-state index is -0.511. The fourth-order valence-corrected chi connectivity index (χ4v) is 2.77. The van der Waals surface area contributed by atoms with E-state index in [1.807, 2.05) is 26.0 Å². The van der Waals surface area contributed by atoms with E-state index < -0.39 is 4.92 Å². The van der Waals surface area contributed by atoms with Gasteiger partial charge in [-0.2, -0.15) is 0 Å². The van der Waals surface area contributed by atoms with Gasteiger partial charge in [0, 0.05) is 16.7 Å². The van der Waals surface area contributed by atoms with Crippen LogP contribution < -0.4 is 0 Å². The number of halogens is 1. The Bertz CT molecular complexity index is 1070. The summed E-state index contributed by atoms with van der Waals surface area (Å²) < 4.78 is 5.64. The highest BCUT2D eigenvalue weighted by atomic mass is 35.5. The summed E-state index contributed by atoms with van der Waals surface area (Å²) in [6, 6.07) is 13.2. The fraction of sp³-hybridized carbons (Fsp3) is 0.0952. The van der Waals surface area contributed by atoms with E-state index in [2.05, 4.69) is 0 Å². The topological polar surface area (TPSA) is 73.3 Å². The minimum absolute atomic E-state index is 0.140. The number of rotatable bonds is 5. The third-order valence-electron chi connectivity index (χ3n) is 4.24. The highest BCUT2D eigenvalue weighted by Crippen LogP contribution is 2.33. The minimum Gasteiger partial charge on any atom is -0.456 e. The van der Waals surface area contributed by atoms with Crippen molar-refractivity contribution < 1.29 is 14.1 Å². The first-order chi connectivity index (χ1) is 12.8. The average Bonchev–Trinajstić information content (AvgIpc) is 3.10. The van der Waals surface area contributed by atoms with Gasteiger partial charge in [-0.05, 0) is 67.5 Å². The van der Waals surface area contributed by atoms with Crippen molar-refractivity contribution >= 4 is 29.1 Å². The number of allylic oxidation sites excluding steroid dienone is 1. The Labute approximate surface area is 161 Å². The summed E-state index contributed by atoms with van der Waals surface area (Å²) in [4.78, 5) is 23.0. The molecule has 0 N–H and O–H groups in total. The monoisotopic (exact) mass is 381 g/mol. The number of ketones is 1. The number of hydrogen-bond acceptors (Lipinski definition) is 4. The van der Waals surface area contributed by atoms with Crippen LogP contribution >= 0.6 is 11.6 Å². The molecule has 0 spiro atoms. The van der Waals surface area contributed by atoms with Gasteiger partial charge < -0.3 is 4.42 Å². The molecule has 2 aromatic carbocycles. The number of nitro benzene ring substituents is 1. The number of benzene rings is 2. The van der Waals surface area contributed by atoms with Crippen molar-refractivity contribution in [2.45, 2.75) is 13.8 Å². The molecular weight excluding hydrogens is 366 g/mol. The first-order valence-corrected chi connectivity index (χ1v) is 8.57. The fourth-order valence-electron chi connectivity index (χ4n) is 2.60. The predicted molar refractivity (Wildman–Crippen MR) is 105 cm³/mol. The van der Waals surface area contributed by atoms with E-state index in [-0.39, 0.29) is 16.5 Å². The van der Waals surface area contributed by atoms with E-state index >= 15 is 0 Å². The van der Waals surface area contributed by atoms with Crippen molar-refractivity contribution in [3.8, 4) is 11.3 Å². The lowest BCUT2D eigenvalue weighted by molar-refractivity contribution is -0.384. The van der Waals surface area contributed by atoms with Crippen LogP contribution in [-0.2, 0) is 0 Å². The lowest BCUT2D eigenvalue weighted by Crippen LogP contribution is -1.95. The molecule has 0 bridgehead atoms. The van der Waals surface area contributed by atoms with Crippen molar-refractivity contribution in [2.24, 2.45) is 0 Å². The zero-order valence-corrected chi connectivity index (χ0v) is 15.5. The molecule has 0 fully saturated rings. The Kier molecular flexibility index (Phi) is 5.23. The van der Waals surface area contributed by atoms with Crippen LogP contribution in [0.15, 0.2) is 59.0 Å². The maximum atomic E-state index is 12.3. The summed E-state index contributed by atoms with van der Waals surface area (Å²) in [6.45, 7) is 3.94. The Morgan fingerprint density at radius 1 is 1.07 bits per heavy atom. The highest BCUT2D eigenvalue weighted by molar-refractivity contribution is 6.30. The van der Waals surface area contributed by atoms with E-state index in [4.69, 9.17) is 16.0 Å². The zero-order chi connectivity index (χ0) is 19.6. The molecule has 3 aromatic rings. The predicted octanol–water partition coefficient (Wildman–Crippen LogP) is 6.02. The van der Waals surface area contributed by atoms with Crippen LogP contribution in [0.25, 0.3) is 17.4 Å². The van der Waals surface area contributed by atoms with Crippen LogP contribution in [0.2, 0.25) is 5.02 Å². The molecule has 3 rings (SSSR count). The Balaban J connectivity index is 1.84. The Morgan fingerprint density at radius 2 is 1.85 bits per heavy atom. The van der Waals surface area contributed by atoms with Crippen LogP contribution in [0.1, 0.15) is 27.2 Å². The molecule has 0 atom stereocenters. The summed E-state index contributed by atoms with van der Waals surface area (Å²) in [5.41, 5.74) is 2.94. The van der Waals surface area contributed by atoms with Gasteiger partial charge in [-0.1, -0.05) is 23.7 Å². The second-order valence-corrected chi connectivity index (χ2v) is 6.55. The van der Waals surface area contributed by atoms with Gasteiger partial charge in [0.1, 0.15) is 11.5 Å². The number of hydrogen-bond donors (Lipinski definition) is 0. The Hall–Kier alpha value is -3.18. The molecule has 27 heavy (non-hydrogen) atoms. The number of aryl methyl sites for hydroxylation is 2. The molecule has 0 unspecified atom stereocenters. The molecule has 6 heteroatoms. The van der Waals surface area contributed by atoms with Gasteiger partial charge in [0.25, 0.3) is 5.69 Å². The molecule has 1 aromatic heterocycles. The first-order valence-electron chi connectivity index (χ1n) is 8.19. The van der Waals surface area contributed by atoms with Crippen molar-refractivity contribution in [3.05, 3.63) is 92.2 Å². The molecule has 5 nitrogen and oxygen atoms in total. The van der Waals surface area contributed by atoms with Gasteiger partial charge >= 0.3 is 0 Å². The number of furan rings is 1. The number of nitro groups is 1. The van der Waals surface area contributed by atoms with Gasteiger partial charge in [-0.3, -0.25) is 14.9 Å². The van der Waals surface area contributed by atoms with E-state index in [9.17, 15) is 14.9 Å². The molecule has 0 amide bonds. The number of carbonyl (C=O) groups is 1. The van der Waals surface area contributed by atoms with Crippen molar-refractivity contribution in [2.75, 3.05) is 0 Å². The number of nitrogens with zero attached hydrogens (tertiary/aromatic N) is 1. The lowest BCUT2D eigenvalue weighted by Gasteiger charge is -2.01. The zero-order valence-electron chi connectivity index (χ0n) is 14.7. The van der Waals surface area contributed by atoms with Gasteiger partial charge in [0.05, 0.1) is 10.5 Å². The van der Waals surface area contributed by atoms with Gasteiger partial charge in [-0.25, -0.2) is 0 Å².